The number of carbonyl (C=O) groups excluding carboxylic acids is 1. The number of ether oxygens (including phenoxy) is 1. The lowest BCUT2D eigenvalue weighted by Gasteiger charge is -2.01. The number of halogens is 1. The molecule has 0 saturated heterocycles. The zero-order valence-corrected chi connectivity index (χ0v) is 9.34. The Bertz CT molecular complexity index is 414. The van der Waals surface area contributed by atoms with Gasteiger partial charge in [-0.25, -0.2) is 9.78 Å². The van der Waals surface area contributed by atoms with E-state index in [1.165, 1.54) is 0 Å². The van der Waals surface area contributed by atoms with E-state index in [4.69, 9.17) is 0 Å². The van der Waals surface area contributed by atoms with Gasteiger partial charge in [-0.3, -0.25) is 4.79 Å². The number of nitrogens with zero attached hydrogens (tertiary/aromatic N) is 1. The highest BCUT2D eigenvalue weighted by atomic mass is 79.9. The molecule has 1 rings (SSSR count). The second kappa shape index (κ2) is 4.36. The third kappa shape index (κ3) is 2.20. The van der Waals surface area contributed by atoms with Crippen molar-refractivity contribution in [3.8, 4) is 0 Å². The van der Waals surface area contributed by atoms with Crippen LogP contribution < -0.4 is 5.56 Å². The highest BCUT2D eigenvalue weighted by Gasteiger charge is 2.15. The van der Waals surface area contributed by atoms with Crippen molar-refractivity contribution in [1.29, 1.82) is 0 Å². The molecule has 14 heavy (non-hydrogen) atoms. The van der Waals surface area contributed by atoms with Crippen molar-refractivity contribution in [3.05, 3.63) is 26.3 Å². The summed E-state index contributed by atoms with van der Waals surface area (Å²) in [7, 11) is 0. The number of aryl methyl sites for hydroxylation is 1. The molecule has 5 nitrogen and oxygen atoms in total. The van der Waals surface area contributed by atoms with Gasteiger partial charge in [-0.1, -0.05) is 0 Å². The predicted octanol–water partition coefficient (Wildman–Crippen LogP) is 1.02. The topological polar surface area (TPSA) is 72.0 Å². The summed E-state index contributed by atoms with van der Waals surface area (Å²) in [6.07, 6.45) is 0. The third-order valence-corrected chi connectivity index (χ3v) is 2.28. The molecule has 0 aliphatic rings. The van der Waals surface area contributed by atoms with Gasteiger partial charge in [0.05, 0.1) is 6.61 Å². The number of hydrogen-bond acceptors (Lipinski definition) is 4. The molecule has 0 saturated carbocycles. The molecule has 0 aliphatic carbocycles. The molecule has 1 aromatic heterocycles. The summed E-state index contributed by atoms with van der Waals surface area (Å²) in [5.74, 6) is -0.713. The Balaban J connectivity index is 3.16. The quantitative estimate of drug-likeness (QED) is 0.806. The predicted molar refractivity (Wildman–Crippen MR) is 53.3 cm³/mol. The van der Waals surface area contributed by atoms with E-state index >= 15 is 0 Å². The summed E-state index contributed by atoms with van der Waals surface area (Å²) in [5, 5.41) is 0. The number of esters is 1. The average Bonchev–Trinajstić information content (AvgIpc) is 2.11. The number of aromatic amines is 1. The SMILES string of the molecule is CCOC(=O)c1nc(Br)c(C)[nH]c1=O. The minimum absolute atomic E-state index is 0.214. The molecule has 1 aromatic rings. The number of H-pyrrole nitrogens is 1. The van der Waals surface area contributed by atoms with Crippen LogP contribution in [-0.2, 0) is 4.74 Å². The molecule has 0 unspecified atom stereocenters. The maximum Gasteiger partial charge on any atom is 0.362 e. The first-order valence-corrected chi connectivity index (χ1v) is 4.79. The number of carbonyl (C=O) groups is 1. The molecule has 6 heteroatoms. The van der Waals surface area contributed by atoms with Gasteiger partial charge in [-0.15, -0.1) is 0 Å². The monoisotopic (exact) mass is 260 g/mol. The van der Waals surface area contributed by atoms with Gasteiger partial charge in [0.15, 0.2) is 0 Å². The van der Waals surface area contributed by atoms with E-state index in [1.807, 2.05) is 0 Å². The number of rotatable bonds is 2. The largest absolute Gasteiger partial charge is 0.461 e. The van der Waals surface area contributed by atoms with Crippen molar-refractivity contribution in [2.75, 3.05) is 6.61 Å². The van der Waals surface area contributed by atoms with Gasteiger partial charge < -0.3 is 9.72 Å². The molecule has 1 heterocycles. The van der Waals surface area contributed by atoms with Crippen molar-refractivity contribution >= 4 is 21.9 Å². The number of aromatic nitrogens is 2. The molecule has 0 atom stereocenters. The summed E-state index contributed by atoms with van der Waals surface area (Å²) >= 11 is 3.11. The van der Waals surface area contributed by atoms with Crippen molar-refractivity contribution in [2.45, 2.75) is 13.8 Å². The molecule has 0 bridgehead atoms. The second-order valence-electron chi connectivity index (χ2n) is 2.55. The highest BCUT2D eigenvalue weighted by Crippen LogP contribution is 2.08. The molecular formula is C8H9BrN2O3. The molecule has 0 spiro atoms. The van der Waals surface area contributed by atoms with Crippen LogP contribution in [0.15, 0.2) is 9.40 Å². The molecule has 1 N–H and O–H groups in total. The number of hydrogen-bond donors (Lipinski definition) is 1. The summed E-state index contributed by atoms with van der Waals surface area (Å²) in [5.41, 5.74) is -0.198. The van der Waals surface area contributed by atoms with E-state index < -0.39 is 11.5 Å². The molecular weight excluding hydrogens is 252 g/mol. The first-order valence-electron chi connectivity index (χ1n) is 3.99. The van der Waals surface area contributed by atoms with Crippen LogP contribution in [0.1, 0.15) is 23.1 Å². The average molecular weight is 261 g/mol. The normalized spacial score (nSPS) is 9.93. The minimum Gasteiger partial charge on any atom is -0.461 e. The van der Waals surface area contributed by atoms with Crippen molar-refractivity contribution in [3.63, 3.8) is 0 Å². The Morgan fingerprint density at radius 3 is 2.86 bits per heavy atom. The summed E-state index contributed by atoms with van der Waals surface area (Å²) in [4.78, 5) is 28.7. The van der Waals surface area contributed by atoms with E-state index in [0.29, 0.717) is 10.3 Å². The lowest BCUT2D eigenvalue weighted by Crippen LogP contribution is -2.23. The van der Waals surface area contributed by atoms with E-state index in [-0.39, 0.29) is 12.3 Å². The molecule has 0 radical (unpaired) electrons. The van der Waals surface area contributed by atoms with Gasteiger partial charge >= 0.3 is 5.97 Å². The van der Waals surface area contributed by atoms with E-state index in [2.05, 4.69) is 30.6 Å². The maximum atomic E-state index is 11.3. The molecule has 0 aromatic carbocycles. The third-order valence-electron chi connectivity index (χ3n) is 1.50. The van der Waals surface area contributed by atoms with Gasteiger partial charge in [0, 0.05) is 5.69 Å². The standard InChI is InChI=1S/C8H9BrN2O3/c1-3-14-8(13)5-7(12)10-4(2)6(9)11-5/h3H2,1-2H3,(H,10,12). The Kier molecular flexibility index (Phi) is 3.40. The first kappa shape index (κ1) is 10.9. The highest BCUT2D eigenvalue weighted by molar-refractivity contribution is 9.10. The van der Waals surface area contributed by atoms with Crippen LogP contribution in [0.4, 0.5) is 0 Å². The summed E-state index contributed by atoms with van der Waals surface area (Å²) in [6, 6.07) is 0. The molecule has 0 aliphatic heterocycles. The first-order chi connectivity index (χ1) is 6.56. The Labute approximate surface area is 88.6 Å². The van der Waals surface area contributed by atoms with Gasteiger partial charge in [0.1, 0.15) is 4.60 Å². The van der Waals surface area contributed by atoms with Gasteiger partial charge in [0.25, 0.3) is 5.56 Å². The Morgan fingerprint density at radius 2 is 2.29 bits per heavy atom. The smallest absolute Gasteiger partial charge is 0.362 e. The zero-order chi connectivity index (χ0) is 10.7. The fourth-order valence-corrected chi connectivity index (χ4v) is 1.13. The van der Waals surface area contributed by atoms with Crippen LogP contribution in [0.2, 0.25) is 0 Å². The molecule has 0 fully saturated rings. The van der Waals surface area contributed by atoms with Crippen LogP contribution in [0.3, 0.4) is 0 Å². The van der Waals surface area contributed by atoms with E-state index in [1.54, 1.807) is 13.8 Å². The second-order valence-corrected chi connectivity index (χ2v) is 3.30. The molecule has 76 valence electrons. The number of nitrogens with one attached hydrogen (secondary N) is 1. The lowest BCUT2D eigenvalue weighted by atomic mass is 10.4. The van der Waals surface area contributed by atoms with E-state index in [0.717, 1.165) is 0 Å². The Hall–Kier alpha value is -1.17. The zero-order valence-electron chi connectivity index (χ0n) is 7.76. The maximum absolute atomic E-state index is 11.3. The van der Waals surface area contributed by atoms with Gasteiger partial charge in [-0.05, 0) is 29.8 Å². The fourth-order valence-electron chi connectivity index (χ4n) is 0.852. The van der Waals surface area contributed by atoms with Crippen LogP contribution in [0.5, 0.6) is 0 Å². The van der Waals surface area contributed by atoms with Crippen molar-refractivity contribution in [1.82, 2.24) is 9.97 Å². The summed E-state index contributed by atoms with van der Waals surface area (Å²) < 4.78 is 5.09. The van der Waals surface area contributed by atoms with Gasteiger partial charge in [-0.2, -0.15) is 0 Å². The van der Waals surface area contributed by atoms with Crippen LogP contribution in [0, 0.1) is 6.92 Å². The van der Waals surface area contributed by atoms with Crippen LogP contribution in [-0.4, -0.2) is 22.5 Å². The van der Waals surface area contributed by atoms with Crippen LogP contribution in [0.25, 0.3) is 0 Å². The lowest BCUT2D eigenvalue weighted by molar-refractivity contribution is 0.0517. The van der Waals surface area contributed by atoms with Crippen LogP contribution >= 0.6 is 15.9 Å². The van der Waals surface area contributed by atoms with E-state index in [9.17, 15) is 9.59 Å². The fraction of sp³-hybridized carbons (Fsp3) is 0.375. The van der Waals surface area contributed by atoms with Crippen molar-refractivity contribution < 1.29 is 9.53 Å². The summed E-state index contributed by atoms with van der Waals surface area (Å²) in [6.45, 7) is 3.55. The Morgan fingerprint density at radius 1 is 1.64 bits per heavy atom. The minimum atomic E-state index is -0.713. The molecule has 0 amide bonds. The van der Waals surface area contributed by atoms with Crippen molar-refractivity contribution in [2.24, 2.45) is 0 Å². The van der Waals surface area contributed by atoms with Gasteiger partial charge in [0.2, 0.25) is 5.69 Å².